The Balaban J connectivity index is 1.33. The van der Waals surface area contributed by atoms with Crippen LogP contribution in [0.4, 0.5) is 17.3 Å². The molecule has 1 saturated heterocycles. The smallest absolute Gasteiger partial charge is 0.281 e. The first-order valence-corrected chi connectivity index (χ1v) is 14.0. The molecule has 0 spiro atoms. The Kier molecular flexibility index (Phi) is 6.96. The van der Waals surface area contributed by atoms with Gasteiger partial charge in [-0.15, -0.1) is 0 Å². The average Bonchev–Trinajstić information content (AvgIpc) is 3.40. The van der Waals surface area contributed by atoms with E-state index in [0.29, 0.717) is 48.7 Å². The Hall–Kier alpha value is -3.18. The minimum atomic E-state index is -0.318. The second-order valence-corrected chi connectivity index (χ2v) is 11.4. The third-order valence-corrected chi connectivity index (χ3v) is 8.40. The van der Waals surface area contributed by atoms with Crippen molar-refractivity contribution in [3.8, 4) is 5.69 Å². The first-order valence-electron chi connectivity index (χ1n) is 12.5. The van der Waals surface area contributed by atoms with Crippen molar-refractivity contribution in [2.75, 3.05) is 37.4 Å². The average molecular weight is 628 g/mol. The van der Waals surface area contributed by atoms with Crippen molar-refractivity contribution >= 4 is 73.0 Å². The summed E-state index contributed by atoms with van der Waals surface area (Å²) < 4.78 is 3.78. The summed E-state index contributed by atoms with van der Waals surface area (Å²) >= 11 is 16.7. The van der Waals surface area contributed by atoms with Crippen molar-refractivity contribution in [2.45, 2.75) is 18.9 Å². The maximum absolute atomic E-state index is 13.6. The van der Waals surface area contributed by atoms with E-state index in [1.807, 2.05) is 24.3 Å². The zero-order chi connectivity index (χ0) is 27.3. The standard InChI is InChI=1S/C27H25BrCl2N8O/c1-35(2)17-8-11-36(12-9-17)22-7-6-16(14-21(22)30)33-27-32-15-18-23(34-27)25-31-10-13-37(25)38(26(18)39)24-19(28)4-3-5-20(24)29/h3-7,10,13-15,17H,8-9,11-12H2,1-2H3,(H,32,33,34). The number of nitrogens with one attached hydrogen (secondary N) is 1. The number of hydrogen-bond acceptors (Lipinski definition) is 7. The number of aromatic nitrogens is 5. The topological polar surface area (TPSA) is 83.6 Å². The second kappa shape index (κ2) is 10.4. The van der Waals surface area contributed by atoms with Gasteiger partial charge in [0, 0.05) is 47.9 Å². The van der Waals surface area contributed by atoms with Crippen molar-refractivity contribution in [3.63, 3.8) is 0 Å². The summed E-state index contributed by atoms with van der Waals surface area (Å²) in [4.78, 5) is 31.8. The lowest BCUT2D eigenvalue weighted by atomic mass is 10.0. The van der Waals surface area contributed by atoms with Gasteiger partial charge in [0.15, 0.2) is 5.65 Å². The van der Waals surface area contributed by atoms with Crippen molar-refractivity contribution in [3.05, 3.63) is 79.9 Å². The Bertz CT molecular complexity index is 1740. The van der Waals surface area contributed by atoms with Crippen LogP contribution in [0.15, 0.2) is 64.3 Å². The molecule has 200 valence electrons. The maximum atomic E-state index is 13.6. The van der Waals surface area contributed by atoms with E-state index in [2.05, 4.69) is 60.1 Å². The molecule has 9 nitrogen and oxygen atoms in total. The van der Waals surface area contributed by atoms with E-state index in [0.717, 1.165) is 37.3 Å². The highest BCUT2D eigenvalue weighted by molar-refractivity contribution is 9.10. The third kappa shape index (κ3) is 4.75. The number of para-hydroxylation sites is 1. The maximum Gasteiger partial charge on any atom is 0.281 e. The van der Waals surface area contributed by atoms with Crippen LogP contribution in [0.5, 0.6) is 0 Å². The summed E-state index contributed by atoms with van der Waals surface area (Å²) in [5.74, 6) is 0.332. The Morgan fingerprint density at radius 2 is 1.87 bits per heavy atom. The zero-order valence-corrected chi connectivity index (χ0v) is 24.4. The van der Waals surface area contributed by atoms with Gasteiger partial charge in [-0.25, -0.2) is 24.1 Å². The largest absolute Gasteiger partial charge is 0.370 e. The predicted molar refractivity (Wildman–Crippen MR) is 160 cm³/mol. The first-order chi connectivity index (χ1) is 18.8. The number of imidazole rings is 1. The van der Waals surface area contributed by atoms with Gasteiger partial charge in [0.25, 0.3) is 5.56 Å². The molecule has 1 N–H and O–H groups in total. The Morgan fingerprint density at radius 3 is 2.59 bits per heavy atom. The van der Waals surface area contributed by atoms with E-state index in [1.54, 1.807) is 29.0 Å². The van der Waals surface area contributed by atoms with Gasteiger partial charge >= 0.3 is 0 Å². The molecule has 39 heavy (non-hydrogen) atoms. The van der Waals surface area contributed by atoms with Gasteiger partial charge in [0.05, 0.1) is 26.8 Å². The number of piperidine rings is 1. The monoisotopic (exact) mass is 626 g/mol. The third-order valence-electron chi connectivity index (χ3n) is 7.15. The Morgan fingerprint density at radius 1 is 1.08 bits per heavy atom. The summed E-state index contributed by atoms with van der Waals surface area (Å²) in [6, 6.07) is 11.8. The molecule has 4 heterocycles. The minimum Gasteiger partial charge on any atom is -0.370 e. The highest BCUT2D eigenvalue weighted by Crippen LogP contribution is 2.33. The number of nitrogens with zero attached hydrogens (tertiary/aromatic N) is 7. The van der Waals surface area contributed by atoms with E-state index >= 15 is 0 Å². The fraction of sp³-hybridized carbons (Fsp3) is 0.259. The fourth-order valence-electron chi connectivity index (χ4n) is 5.10. The molecule has 1 fully saturated rings. The molecule has 5 aromatic rings. The lowest BCUT2D eigenvalue weighted by molar-refractivity contribution is 0.249. The molecule has 0 radical (unpaired) electrons. The number of halogens is 3. The van der Waals surface area contributed by atoms with E-state index in [4.69, 9.17) is 23.2 Å². The van der Waals surface area contributed by atoms with Gasteiger partial charge in [0.2, 0.25) is 5.95 Å². The van der Waals surface area contributed by atoms with Crippen LogP contribution >= 0.6 is 39.1 Å². The van der Waals surface area contributed by atoms with Crippen molar-refractivity contribution in [1.82, 2.24) is 29.0 Å². The van der Waals surface area contributed by atoms with E-state index in [9.17, 15) is 4.79 Å². The van der Waals surface area contributed by atoms with Crippen LogP contribution < -0.4 is 15.8 Å². The van der Waals surface area contributed by atoms with Crippen molar-refractivity contribution in [1.29, 1.82) is 0 Å². The highest BCUT2D eigenvalue weighted by Gasteiger charge is 2.23. The lowest BCUT2D eigenvalue weighted by Crippen LogP contribution is -2.42. The molecule has 0 atom stereocenters. The number of fused-ring (bicyclic) bond motifs is 3. The van der Waals surface area contributed by atoms with Crippen molar-refractivity contribution in [2.24, 2.45) is 0 Å². The molecule has 12 heteroatoms. The van der Waals surface area contributed by atoms with E-state index in [1.165, 1.54) is 10.9 Å². The summed E-state index contributed by atoms with van der Waals surface area (Å²) in [5, 5.41) is 4.62. The second-order valence-electron chi connectivity index (χ2n) is 9.71. The van der Waals surface area contributed by atoms with Crippen LogP contribution in [0.3, 0.4) is 0 Å². The van der Waals surface area contributed by atoms with Gasteiger partial charge in [-0.3, -0.25) is 4.79 Å². The molecule has 0 saturated carbocycles. The molecule has 0 amide bonds. The molecule has 0 aliphatic carbocycles. The molecule has 2 aromatic carbocycles. The van der Waals surface area contributed by atoms with Crippen LogP contribution in [0.2, 0.25) is 10.0 Å². The molecule has 1 aliphatic heterocycles. The van der Waals surface area contributed by atoms with Gasteiger partial charge < -0.3 is 15.1 Å². The molecule has 0 bridgehead atoms. The predicted octanol–water partition coefficient (Wildman–Crippen LogP) is 5.77. The zero-order valence-electron chi connectivity index (χ0n) is 21.3. The minimum absolute atomic E-state index is 0.318. The molecular weight excluding hydrogens is 603 g/mol. The van der Waals surface area contributed by atoms with Gasteiger partial charge in [0.1, 0.15) is 5.52 Å². The summed E-state index contributed by atoms with van der Waals surface area (Å²) in [6.07, 6.45) is 7.02. The highest BCUT2D eigenvalue weighted by atomic mass is 79.9. The van der Waals surface area contributed by atoms with Gasteiger partial charge in [-0.05, 0) is 73.2 Å². The van der Waals surface area contributed by atoms with Crippen LogP contribution in [0.1, 0.15) is 12.8 Å². The molecule has 6 rings (SSSR count). The number of anilines is 3. The molecule has 0 unspecified atom stereocenters. The van der Waals surface area contributed by atoms with E-state index < -0.39 is 0 Å². The van der Waals surface area contributed by atoms with Crippen LogP contribution in [0.25, 0.3) is 22.2 Å². The molecular formula is C27H25BrCl2N8O. The first kappa shape index (κ1) is 26.1. The summed E-state index contributed by atoms with van der Waals surface area (Å²) in [7, 11) is 4.27. The van der Waals surface area contributed by atoms with Gasteiger partial charge in [-0.1, -0.05) is 29.3 Å². The summed E-state index contributed by atoms with van der Waals surface area (Å²) in [6.45, 7) is 1.93. The number of rotatable bonds is 5. The number of benzene rings is 2. The lowest BCUT2D eigenvalue weighted by Gasteiger charge is -2.36. The van der Waals surface area contributed by atoms with Crippen LogP contribution in [-0.2, 0) is 0 Å². The quantitative estimate of drug-likeness (QED) is 0.265. The summed E-state index contributed by atoms with van der Waals surface area (Å²) in [5.41, 5.74) is 2.88. The normalized spacial score (nSPS) is 14.6. The fourth-order valence-corrected chi connectivity index (χ4v) is 6.31. The Labute approximate surface area is 243 Å². The molecule has 3 aromatic heterocycles. The van der Waals surface area contributed by atoms with Gasteiger partial charge in [-0.2, -0.15) is 0 Å². The van der Waals surface area contributed by atoms with Crippen LogP contribution in [0, 0.1) is 0 Å². The molecule has 1 aliphatic rings. The SMILES string of the molecule is CN(C)C1CCN(c2ccc(Nc3ncc4c(=O)n(-c5c(Cl)cccc5Br)n5ccnc5c4n3)cc2Cl)CC1. The van der Waals surface area contributed by atoms with Crippen molar-refractivity contribution < 1.29 is 0 Å². The van der Waals surface area contributed by atoms with Crippen LogP contribution in [-0.4, -0.2) is 62.3 Å². The van der Waals surface area contributed by atoms with E-state index in [-0.39, 0.29) is 5.56 Å². The number of hydrogen-bond donors (Lipinski definition) is 1.